The van der Waals surface area contributed by atoms with Gasteiger partial charge >= 0.3 is 12.2 Å². The molecule has 2 fully saturated rings. The van der Waals surface area contributed by atoms with E-state index in [4.69, 9.17) is 14.2 Å². The highest BCUT2D eigenvalue weighted by Crippen LogP contribution is 2.27. The molecule has 9 nitrogen and oxygen atoms in total. The van der Waals surface area contributed by atoms with E-state index in [1.54, 1.807) is 16.0 Å². The van der Waals surface area contributed by atoms with Crippen molar-refractivity contribution in [3.8, 4) is 11.6 Å². The van der Waals surface area contributed by atoms with Crippen molar-refractivity contribution >= 4 is 28.8 Å². The van der Waals surface area contributed by atoms with Crippen LogP contribution in [0.5, 0.6) is 5.75 Å². The zero-order chi connectivity index (χ0) is 23.7. The van der Waals surface area contributed by atoms with Crippen LogP contribution in [0, 0.1) is 0 Å². The van der Waals surface area contributed by atoms with E-state index in [0.29, 0.717) is 32.0 Å². The standard InChI is InChI=1S/C25H28N4O5/c1-17(2)33-24(30)27-10-8-20(9-11-27)34-21-4-6-23(26-16-21)29-12-7-18-15-19(3-5-22(18)29)28-13-14-32-25(28)31/h3-7,12,15-17,20H,8-11,13-14H2,1-2H3. The van der Waals surface area contributed by atoms with E-state index in [2.05, 4.69) is 4.98 Å². The molecule has 0 unspecified atom stereocenters. The summed E-state index contributed by atoms with van der Waals surface area (Å²) in [5, 5.41) is 1.02. The van der Waals surface area contributed by atoms with E-state index < -0.39 is 0 Å². The van der Waals surface area contributed by atoms with Crippen LogP contribution >= 0.6 is 0 Å². The number of aromatic nitrogens is 2. The van der Waals surface area contributed by atoms with Gasteiger partial charge in [0, 0.05) is 43.2 Å². The summed E-state index contributed by atoms with van der Waals surface area (Å²) in [6.45, 7) is 5.92. The minimum absolute atomic E-state index is 0.0406. The second-order valence-electron chi connectivity index (χ2n) is 8.78. The van der Waals surface area contributed by atoms with Crippen LogP contribution in [0.25, 0.3) is 16.7 Å². The molecule has 0 bridgehead atoms. The van der Waals surface area contributed by atoms with Crippen LogP contribution in [0.15, 0.2) is 48.8 Å². The van der Waals surface area contributed by atoms with Crippen LogP contribution < -0.4 is 9.64 Å². The highest BCUT2D eigenvalue weighted by atomic mass is 16.6. The number of nitrogens with zero attached hydrogens (tertiary/aromatic N) is 4. The van der Waals surface area contributed by atoms with E-state index in [1.165, 1.54) is 0 Å². The number of hydrogen-bond acceptors (Lipinski definition) is 6. The molecule has 178 valence electrons. The Balaban J connectivity index is 1.22. The van der Waals surface area contributed by atoms with Crippen LogP contribution in [-0.4, -0.2) is 65.1 Å². The number of cyclic esters (lactones) is 1. The lowest BCUT2D eigenvalue weighted by atomic mass is 10.1. The molecule has 0 radical (unpaired) electrons. The fraction of sp³-hybridized carbons (Fsp3) is 0.400. The molecule has 2 amide bonds. The molecule has 3 aromatic rings. The second-order valence-corrected chi connectivity index (χ2v) is 8.78. The van der Waals surface area contributed by atoms with Gasteiger partial charge in [-0.1, -0.05) is 0 Å². The summed E-state index contributed by atoms with van der Waals surface area (Å²) >= 11 is 0. The molecular weight excluding hydrogens is 436 g/mol. The maximum absolute atomic E-state index is 12.0. The Bertz CT molecular complexity index is 1180. The van der Waals surface area contributed by atoms with Crippen molar-refractivity contribution in [2.75, 3.05) is 31.1 Å². The Kier molecular flexibility index (Phi) is 6.00. The summed E-state index contributed by atoms with van der Waals surface area (Å²) in [7, 11) is 0. The number of likely N-dealkylation sites (tertiary alicyclic amines) is 1. The lowest BCUT2D eigenvalue weighted by molar-refractivity contribution is 0.0516. The topological polar surface area (TPSA) is 86.1 Å². The number of amides is 2. The molecule has 4 heterocycles. The number of piperidine rings is 1. The number of carbonyl (C=O) groups excluding carboxylic acids is 2. The van der Waals surface area contributed by atoms with Crippen molar-refractivity contribution in [3.63, 3.8) is 0 Å². The molecule has 0 saturated carbocycles. The molecule has 2 aliphatic rings. The predicted molar refractivity (Wildman–Crippen MR) is 127 cm³/mol. The quantitative estimate of drug-likeness (QED) is 0.557. The molecule has 2 saturated heterocycles. The monoisotopic (exact) mass is 464 g/mol. The maximum Gasteiger partial charge on any atom is 0.414 e. The average Bonchev–Trinajstić information content (AvgIpc) is 3.45. The zero-order valence-electron chi connectivity index (χ0n) is 19.3. The fourth-order valence-electron chi connectivity index (χ4n) is 4.34. The first-order valence-corrected chi connectivity index (χ1v) is 11.6. The normalized spacial score (nSPS) is 16.9. The number of hydrogen-bond donors (Lipinski definition) is 0. The number of rotatable bonds is 5. The van der Waals surface area contributed by atoms with E-state index >= 15 is 0 Å². The lowest BCUT2D eigenvalue weighted by Crippen LogP contribution is -2.42. The molecule has 9 heteroatoms. The van der Waals surface area contributed by atoms with E-state index in [0.717, 1.165) is 35.2 Å². The average molecular weight is 465 g/mol. The SMILES string of the molecule is CC(C)OC(=O)N1CCC(Oc2ccc(-n3ccc4cc(N5CCOC5=O)ccc43)nc2)CC1. The summed E-state index contributed by atoms with van der Waals surface area (Å²) in [5.41, 5.74) is 1.83. The Morgan fingerprint density at radius 1 is 1.12 bits per heavy atom. The number of carbonyl (C=O) groups is 2. The zero-order valence-corrected chi connectivity index (χ0v) is 19.3. The summed E-state index contributed by atoms with van der Waals surface area (Å²) in [6, 6.07) is 11.7. The van der Waals surface area contributed by atoms with Crippen molar-refractivity contribution < 1.29 is 23.8 Å². The van der Waals surface area contributed by atoms with E-state index in [9.17, 15) is 9.59 Å². The minimum Gasteiger partial charge on any atom is -0.489 e. The summed E-state index contributed by atoms with van der Waals surface area (Å²) in [5.74, 6) is 1.49. The predicted octanol–water partition coefficient (Wildman–Crippen LogP) is 4.37. The first kappa shape index (κ1) is 22.1. The first-order valence-electron chi connectivity index (χ1n) is 11.6. The summed E-state index contributed by atoms with van der Waals surface area (Å²) in [4.78, 5) is 31.9. The van der Waals surface area contributed by atoms with Gasteiger partial charge < -0.3 is 23.7 Å². The van der Waals surface area contributed by atoms with Gasteiger partial charge in [-0.15, -0.1) is 0 Å². The van der Waals surface area contributed by atoms with Gasteiger partial charge in [-0.05, 0) is 50.2 Å². The van der Waals surface area contributed by atoms with Crippen LogP contribution in [0.4, 0.5) is 15.3 Å². The van der Waals surface area contributed by atoms with Crippen LogP contribution in [-0.2, 0) is 9.47 Å². The van der Waals surface area contributed by atoms with Crippen molar-refractivity contribution in [3.05, 3.63) is 48.8 Å². The third-order valence-electron chi connectivity index (χ3n) is 6.05. The van der Waals surface area contributed by atoms with Gasteiger partial charge in [0.05, 0.1) is 24.4 Å². The fourth-order valence-corrected chi connectivity index (χ4v) is 4.34. The van der Waals surface area contributed by atoms with Gasteiger partial charge in [-0.25, -0.2) is 14.6 Å². The van der Waals surface area contributed by atoms with Crippen LogP contribution in [0.1, 0.15) is 26.7 Å². The number of anilines is 1. The number of ether oxygens (including phenoxy) is 3. The van der Waals surface area contributed by atoms with Crippen molar-refractivity contribution in [2.45, 2.75) is 38.9 Å². The molecule has 0 atom stereocenters. The smallest absolute Gasteiger partial charge is 0.414 e. The van der Waals surface area contributed by atoms with Gasteiger partial charge in [-0.3, -0.25) is 4.90 Å². The largest absolute Gasteiger partial charge is 0.489 e. The Hall–Kier alpha value is -3.75. The third kappa shape index (κ3) is 4.50. The third-order valence-corrected chi connectivity index (χ3v) is 6.05. The summed E-state index contributed by atoms with van der Waals surface area (Å²) < 4.78 is 18.4. The second kappa shape index (κ2) is 9.24. The van der Waals surface area contributed by atoms with Gasteiger partial charge in [0.1, 0.15) is 24.3 Å². The van der Waals surface area contributed by atoms with Gasteiger partial charge in [0.15, 0.2) is 0 Å². The highest BCUT2D eigenvalue weighted by molar-refractivity contribution is 5.93. The molecule has 5 rings (SSSR count). The van der Waals surface area contributed by atoms with Gasteiger partial charge in [0.25, 0.3) is 0 Å². The minimum atomic E-state index is -0.308. The Labute approximate surface area is 197 Å². The lowest BCUT2D eigenvalue weighted by Gasteiger charge is -2.31. The molecule has 2 aromatic heterocycles. The van der Waals surface area contributed by atoms with Crippen molar-refractivity contribution in [1.29, 1.82) is 0 Å². The molecule has 0 aliphatic carbocycles. The number of pyridine rings is 1. The van der Waals surface area contributed by atoms with Crippen molar-refractivity contribution in [1.82, 2.24) is 14.5 Å². The molecule has 34 heavy (non-hydrogen) atoms. The maximum atomic E-state index is 12.0. The van der Waals surface area contributed by atoms with Gasteiger partial charge in [-0.2, -0.15) is 0 Å². The molecule has 0 N–H and O–H groups in total. The van der Waals surface area contributed by atoms with E-state index in [-0.39, 0.29) is 24.4 Å². The molecular formula is C25H28N4O5. The number of fused-ring (bicyclic) bond motifs is 1. The molecule has 0 spiro atoms. The van der Waals surface area contributed by atoms with Crippen LogP contribution in [0.2, 0.25) is 0 Å². The van der Waals surface area contributed by atoms with Crippen LogP contribution in [0.3, 0.4) is 0 Å². The van der Waals surface area contributed by atoms with E-state index in [1.807, 2.05) is 61.0 Å². The number of benzene rings is 1. The first-order chi connectivity index (χ1) is 16.5. The molecule has 2 aliphatic heterocycles. The van der Waals surface area contributed by atoms with Crippen molar-refractivity contribution in [2.24, 2.45) is 0 Å². The Morgan fingerprint density at radius 2 is 1.94 bits per heavy atom. The Morgan fingerprint density at radius 3 is 2.62 bits per heavy atom. The highest BCUT2D eigenvalue weighted by Gasteiger charge is 2.26. The molecule has 1 aromatic carbocycles. The summed E-state index contributed by atoms with van der Waals surface area (Å²) in [6.07, 6.45) is 4.56. The van der Waals surface area contributed by atoms with Gasteiger partial charge in [0.2, 0.25) is 0 Å².